The zero-order valence-corrected chi connectivity index (χ0v) is 9.68. The Balaban J connectivity index is 2.09. The molecule has 0 bridgehead atoms. The molecule has 1 fully saturated rings. The van der Waals surface area contributed by atoms with Gasteiger partial charge in [-0.2, -0.15) is 0 Å². The van der Waals surface area contributed by atoms with Gasteiger partial charge in [0.25, 0.3) is 5.91 Å². The van der Waals surface area contributed by atoms with Gasteiger partial charge in [-0.1, -0.05) is 5.21 Å². The van der Waals surface area contributed by atoms with Crippen molar-refractivity contribution in [2.45, 2.75) is 18.9 Å². The number of carbonyl (C=O) groups is 1. The van der Waals surface area contributed by atoms with Gasteiger partial charge < -0.3 is 10.2 Å². The highest BCUT2D eigenvalue weighted by atomic mass is 16.2. The summed E-state index contributed by atoms with van der Waals surface area (Å²) in [6.07, 6.45) is 3.97. The van der Waals surface area contributed by atoms with E-state index in [9.17, 15) is 4.79 Å². The van der Waals surface area contributed by atoms with Crippen molar-refractivity contribution in [1.82, 2.24) is 25.2 Å². The number of nitrogens with zero attached hydrogens (tertiary/aromatic N) is 4. The number of nitrogens with one attached hydrogen (secondary N) is 1. The summed E-state index contributed by atoms with van der Waals surface area (Å²) in [5.41, 5.74) is 0.413. The van der Waals surface area contributed by atoms with Gasteiger partial charge >= 0.3 is 0 Å². The van der Waals surface area contributed by atoms with Crippen LogP contribution in [0.1, 0.15) is 29.4 Å². The Morgan fingerprint density at radius 3 is 3.06 bits per heavy atom. The van der Waals surface area contributed by atoms with Crippen molar-refractivity contribution in [3.63, 3.8) is 0 Å². The van der Waals surface area contributed by atoms with Crippen LogP contribution in [-0.4, -0.2) is 53.0 Å². The molecule has 2 heterocycles. The van der Waals surface area contributed by atoms with Crippen LogP contribution in [0.15, 0.2) is 6.20 Å². The van der Waals surface area contributed by atoms with Gasteiger partial charge in [0.2, 0.25) is 0 Å². The van der Waals surface area contributed by atoms with Crippen LogP contribution in [0, 0.1) is 0 Å². The zero-order valence-electron chi connectivity index (χ0n) is 9.68. The summed E-state index contributed by atoms with van der Waals surface area (Å²) in [4.78, 5) is 13.1. The maximum absolute atomic E-state index is 11.6. The lowest BCUT2D eigenvalue weighted by Gasteiger charge is -2.22. The van der Waals surface area contributed by atoms with Crippen LogP contribution < -0.4 is 5.32 Å². The average Bonchev–Trinajstić information content (AvgIpc) is 2.78. The molecule has 1 aromatic rings. The standard InChI is InChI=1S/C10H17N5O/c1-14(2)10(16)9-7-15(13-12-9)8-4-3-5-11-6-8/h7-8,11H,3-6H2,1-2H3. The molecule has 0 aliphatic carbocycles. The first kappa shape index (κ1) is 11.1. The average molecular weight is 223 g/mol. The van der Waals surface area contributed by atoms with E-state index >= 15 is 0 Å². The van der Waals surface area contributed by atoms with Gasteiger partial charge in [-0.05, 0) is 19.4 Å². The van der Waals surface area contributed by atoms with Gasteiger partial charge in [0.05, 0.1) is 12.2 Å². The van der Waals surface area contributed by atoms with Crippen molar-refractivity contribution in [2.75, 3.05) is 27.2 Å². The maximum Gasteiger partial charge on any atom is 0.275 e. The molecule has 0 spiro atoms. The first-order chi connectivity index (χ1) is 7.68. The van der Waals surface area contributed by atoms with Gasteiger partial charge in [0.15, 0.2) is 5.69 Å². The monoisotopic (exact) mass is 223 g/mol. The highest BCUT2D eigenvalue weighted by molar-refractivity contribution is 5.91. The van der Waals surface area contributed by atoms with E-state index in [1.54, 1.807) is 25.0 Å². The second-order valence-electron chi connectivity index (χ2n) is 4.28. The van der Waals surface area contributed by atoms with E-state index in [4.69, 9.17) is 0 Å². The zero-order chi connectivity index (χ0) is 11.5. The Morgan fingerprint density at radius 2 is 2.44 bits per heavy atom. The van der Waals surface area contributed by atoms with E-state index in [1.165, 1.54) is 4.90 Å². The fraction of sp³-hybridized carbons (Fsp3) is 0.700. The van der Waals surface area contributed by atoms with Gasteiger partial charge in [-0.25, -0.2) is 4.68 Å². The molecule has 88 valence electrons. The number of hydrogen-bond acceptors (Lipinski definition) is 4. The molecule has 6 nitrogen and oxygen atoms in total. The van der Waals surface area contributed by atoms with Crippen molar-refractivity contribution in [2.24, 2.45) is 0 Å². The second kappa shape index (κ2) is 4.61. The van der Waals surface area contributed by atoms with Crippen LogP contribution in [0.2, 0.25) is 0 Å². The number of rotatable bonds is 2. The van der Waals surface area contributed by atoms with Gasteiger partial charge in [-0.15, -0.1) is 5.10 Å². The molecule has 0 radical (unpaired) electrons. The first-order valence-electron chi connectivity index (χ1n) is 5.52. The summed E-state index contributed by atoms with van der Waals surface area (Å²) < 4.78 is 1.79. The molecule has 0 aromatic carbocycles. The van der Waals surface area contributed by atoms with Crippen LogP contribution in [0.5, 0.6) is 0 Å². The van der Waals surface area contributed by atoms with Crippen molar-refractivity contribution in [3.05, 3.63) is 11.9 Å². The summed E-state index contributed by atoms with van der Waals surface area (Å²) in [6.45, 7) is 1.97. The molecule has 1 aromatic heterocycles. The molecule has 16 heavy (non-hydrogen) atoms. The van der Waals surface area contributed by atoms with E-state index in [2.05, 4.69) is 15.6 Å². The molecule has 1 amide bonds. The normalized spacial score (nSPS) is 20.8. The molecule has 2 rings (SSSR count). The fourth-order valence-electron chi connectivity index (χ4n) is 1.84. The van der Waals surface area contributed by atoms with Gasteiger partial charge in [0, 0.05) is 20.6 Å². The molecule has 6 heteroatoms. The lowest BCUT2D eigenvalue weighted by atomic mass is 10.1. The Labute approximate surface area is 94.6 Å². The fourth-order valence-corrected chi connectivity index (χ4v) is 1.84. The van der Waals surface area contributed by atoms with Crippen molar-refractivity contribution < 1.29 is 4.79 Å². The smallest absolute Gasteiger partial charge is 0.275 e. The van der Waals surface area contributed by atoms with E-state index in [0.717, 1.165) is 25.9 Å². The summed E-state index contributed by atoms with van der Waals surface area (Å²) in [6, 6.07) is 0.324. The third-order valence-electron chi connectivity index (χ3n) is 2.78. The van der Waals surface area contributed by atoms with E-state index in [1.807, 2.05) is 0 Å². The molecule has 1 aliphatic heterocycles. The molecular formula is C10H17N5O. The minimum atomic E-state index is -0.102. The summed E-state index contributed by atoms with van der Waals surface area (Å²) in [7, 11) is 3.42. The number of hydrogen-bond donors (Lipinski definition) is 1. The van der Waals surface area contributed by atoms with Crippen molar-refractivity contribution in [1.29, 1.82) is 0 Å². The molecule has 1 atom stereocenters. The Kier molecular flexibility index (Phi) is 3.19. The first-order valence-corrected chi connectivity index (χ1v) is 5.52. The van der Waals surface area contributed by atoms with E-state index < -0.39 is 0 Å². The summed E-state index contributed by atoms with van der Waals surface area (Å²) in [5, 5.41) is 11.2. The van der Waals surface area contributed by atoms with Crippen LogP contribution in [0.25, 0.3) is 0 Å². The van der Waals surface area contributed by atoms with Crippen LogP contribution in [0.3, 0.4) is 0 Å². The Morgan fingerprint density at radius 1 is 1.62 bits per heavy atom. The van der Waals surface area contributed by atoms with Gasteiger partial charge in [0.1, 0.15) is 0 Å². The Bertz CT molecular complexity index is 367. The third kappa shape index (κ3) is 2.21. The summed E-state index contributed by atoms with van der Waals surface area (Å²) in [5.74, 6) is -0.102. The number of piperidine rings is 1. The lowest BCUT2D eigenvalue weighted by molar-refractivity contribution is 0.0822. The van der Waals surface area contributed by atoms with Crippen molar-refractivity contribution >= 4 is 5.91 Å². The lowest BCUT2D eigenvalue weighted by Crippen LogP contribution is -2.31. The molecule has 1 aliphatic rings. The third-order valence-corrected chi connectivity index (χ3v) is 2.78. The highest BCUT2D eigenvalue weighted by Gasteiger charge is 2.19. The maximum atomic E-state index is 11.6. The quantitative estimate of drug-likeness (QED) is 0.760. The molecule has 0 saturated carbocycles. The number of carbonyl (C=O) groups excluding carboxylic acids is 1. The molecular weight excluding hydrogens is 206 g/mol. The van der Waals surface area contributed by atoms with Crippen LogP contribution in [0.4, 0.5) is 0 Å². The highest BCUT2D eigenvalue weighted by Crippen LogP contribution is 2.15. The SMILES string of the molecule is CN(C)C(=O)c1cn(C2CCCNC2)nn1. The number of aromatic nitrogens is 3. The minimum Gasteiger partial charge on any atom is -0.343 e. The van der Waals surface area contributed by atoms with E-state index in [-0.39, 0.29) is 5.91 Å². The Hall–Kier alpha value is -1.43. The number of amides is 1. The van der Waals surface area contributed by atoms with Gasteiger partial charge in [-0.3, -0.25) is 4.79 Å². The van der Waals surface area contributed by atoms with E-state index in [0.29, 0.717) is 11.7 Å². The van der Waals surface area contributed by atoms with Crippen molar-refractivity contribution in [3.8, 4) is 0 Å². The molecule has 1 saturated heterocycles. The predicted molar refractivity (Wildman–Crippen MR) is 59.2 cm³/mol. The predicted octanol–water partition coefficient (Wildman–Crippen LogP) is -0.0956. The minimum absolute atomic E-state index is 0.102. The molecule has 1 N–H and O–H groups in total. The largest absolute Gasteiger partial charge is 0.343 e. The second-order valence-corrected chi connectivity index (χ2v) is 4.28. The van der Waals surface area contributed by atoms with Crippen LogP contribution in [-0.2, 0) is 0 Å². The van der Waals surface area contributed by atoms with Crippen LogP contribution >= 0.6 is 0 Å². The molecule has 1 unspecified atom stereocenters. The summed E-state index contributed by atoms with van der Waals surface area (Å²) >= 11 is 0. The topological polar surface area (TPSA) is 63.1 Å².